The van der Waals surface area contributed by atoms with Crippen molar-refractivity contribution in [2.24, 2.45) is 0 Å². The summed E-state index contributed by atoms with van der Waals surface area (Å²) in [6.07, 6.45) is 0.954. The van der Waals surface area contributed by atoms with E-state index in [0.717, 1.165) is 24.1 Å². The summed E-state index contributed by atoms with van der Waals surface area (Å²) in [6, 6.07) is 19.4. The van der Waals surface area contributed by atoms with Gasteiger partial charge in [-0.3, -0.25) is 0 Å². The summed E-state index contributed by atoms with van der Waals surface area (Å²) < 4.78 is 11.4. The normalized spacial score (nSPS) is 10.8. The minimum atomic E-state index is 0.222. The zero-order valence-corrected chi connectivity index (χ0v) is 18.3. The lowest BCUT2D eigenvalue weighted by Gasteiger charge is -2.15. The first-order valence-electron chi connectivity index (χ1n) is 9.25. The molecule has 0 aliphatic carbocycles. The maximum atomic E-state index is 6.47. The van der Waals surface area contributed by atoms with Crippen molar-refractivity contribution in [3.8, 4) is 11.5 Å². The molecule has 1 N–H and O–H groups in total. The highest BCUT2D eigenvalue weighted by Crippen LogP contribution is 2.35. The fourth-order valence-corrected chi connectivity index (χ4v) is 3.63. The molecule has 0 aromatic heterocycles. The molecule has 152 valence electrons. The maximum Gasteiger partial charge on any atom is 0.163 e. The number of hydrogen-bond acceptors (Lipinski definition) is 3. The maximum absolute atomic E-state index is 6.47. The molecule has 0 aliphatic rings. The highest BCUT2D eigenvalue weighted by atomic mass is 35.5. The van der Waals surface area contributed by atoms with E-state index in [2.05, 4.69) is 17.4 Å². The number of ether oxygens (including phenoxy) is 2. The minimum absolute atomic E-state index is 0.222. The van der Waals surface area contributed by atoms with Gasteiger partial charge in [-0.1, -0.05) is 71.2 Å². The smallest absolute Gasteiger partial charge is 0.163 e. The first-order chi connectivity index (χ1) is 14.1. The molecule has 0 aliphatic heterocycles. The van der Waals surface area contributed by atoms with Crippen molar-refractivity contribution in [2.75, 3.05) is 13.7 Å². The Morgan fingerprint density at radius 3 is 2.24 bits per heavy atom. The van der Waals surface area contributed by atoms with E-state index in [1.807, 2.05) is 24.3 Å². The lowest BCUT2D eigenvalue weighted by Crippen LogP contribution is -2.17. The summed E-state index contributed by atoms with van der Waals surface area (Å²) in [5, 5.41) is 5.14. The van der Waals surface area contributed by atoms with Crippen LogP contribution in [-0.2, 0) is 19.6 Å². The van der Waals surface area contributed by atoms with Gasteiger partial charge in [0.1, 0.15) is 6.61 Å². The van der Waals surface area contributed by atoms with Crippen LogP contribution in [0.1, 0.15) is 16.7 Å². The van der Waals surface area contributed by atoms with Crippen LogP contribution in [0.4, 0.5) is 0 Å². The van der Waals surface area contributed by atoms with Crippen LogP contribution in [0.3, 0.4) is 0 Å². The van der Waals surface area contributed by atoms with Gasteiger partial charge in [-0.15, -0.1) is 0 Å². The van der Waals surface area contributed by atoms with Crippen LogP contribution in [0, 0.1) is 0 Å². The van der Waals surface area contributed by atoms with E-state index in [9.17, 15) is 0 Å². The van der Waals surface area contributed by atoms with Crippen molar-refractivity contribution in [1.82, 2.24) is 5.32 Å². The lowest BCUT2D eigenvalue weighted by molar-refractivity contribution is 0.284. The molecule has 3 nitrogen and oxygen atoms in total. The van der Waals surface area contributed by atoms with Gasteiger partial charge < -0.3 is 14.8 Å². The van der Waals surface area contributed by atoms with E-state index in [4.69, 9.17) is 44.3 Å². The van der Waals surface area contributed by atoms with Crippen LogP contribution in [0.2, 0.25) is 15.1 Å². The standard InChI is InChI=1S/C23H22Cl3NO2/c1-28-22-12-17(14-27-11-10-16-6-3-2-4-7-16)21(26)13-23(22)29-15-18-19(24)8-5-9-20(18)25/h2-9,12-13,27H,10-11,14-15H2,1H3. The van der Waals surface area contributed by atoms with Crippen LogP contribution < -0.4 is 14.8 Å². The van der Waals surface area contributed by atoms with E-state index in [0.29, 0.717) is 33.1 Å². The largest absolute Gasteiger partial charge is 0.493 e. The summed E-state index contributed by atoms with van der Waals surface area (Å²) in [7, 11) is 1.60. The quantitative estimate of drug-likeness (QED) is 0.374. The summed E-state index contributed by atoms with van der Waals surface area (Å²) >= 11 is 18.9. The summed E-state index contributed by atoms with van der Waals surface area (Å²) in [4.78, 5) is 0. The van der Waals surface area contributed by atoms with Crippen molar-refractivity contribution in [3.63, 3.8) is 0 Å². The molecule has 0 amide bonds. The van der Waals surface area contributed by atoms with E-state index >= 15 is 0 Å². The van der Waals surface area contributed by atoms with Gasteiger partial charge in [-0.2, -0.15) is 0 Å². The molecular weight excluding hydrogens is 429 g/mol. The van der Waals surface area contributed by atoms with Crippen LogP contribution in [-0.4, -0.2) is 13.7 Å². The Morgan fingerprint density at radius 2 is 1.55 bits per heavy atom. The zero-order chi connectivity index (χ0) is 20.6. The fraction of sp³-hybridized carbons (Fsp3) is 0.217. The molecular formula is C23H22Cl3NO2. The molecule has 0 fully saturated rings. The molecule has 3 aromatic carbocycles. The van der Waals surface area contributed by atoms with E-state index in [1.54, 1.807) is 31.4 Å². The molecule has 0 radical (unpaired) electrons. The predicted octanol–water partition coefficient (Wildman–Crippen LogP) is 6.57. The molecule has 0 saturated heterocycles. The molecule has 0 spiro atoms. The van der Waals surface area contributed by atoms with Gasteiger partial charge in [-0.05, 0) is 42.3 Å². The monoisotopic (exact) mass is 449 g/mol. The SMILES string of the molecule is COc1cc(CNCCc2ccccc2)c(Cl)cc1OCc1c(Cl)cccc1Cl. The molecule has 6 heteroatoms. The number of nitrogens with one attached hydrogen (secondary N) is 1. The summed E-state index contributed by atoms with van der Waals surface area (Å²) in [6.45, 7) is 1.71. The Kier molecular flexibility index (Phi) is 8.08. The second kappa shape index (κ2) is 10.7. The van der Waals surface area contributed by atoms with Crippen LogP contribution in [0.15, 0.2) is 60.7 Å². The lowest BCUT2D eigenvalue weighted by atomic mass is 10.1. The number of halogens is 3. The highest BCUT2D eigenvalue weighted by Gasteiger charge is 2.13. The van der Waals surface area contributed by atoms with E-state index in [-0.39, 0.29) is 6.61 Å². The van der Waals surface area contributed by atoms with Crippen molar-refractivity contribution in [1.29, 1.82) is 0 Å². The molecule has 0 unspecified atom stereocenters. The number of methoxy groups -OCH3 is 1. The fourth-order valence-electron chi connectivity index (χ4n) is 2.91. The van der Waals surface area contributed by atoms with Crippen molar-refractivity contribution >= 4 is 34.8 Å². The third-order valence-electron chi connectivity index (χ3n) is 4.52. The molecule has 0 heterocycles. The minimum Gasteiger partial charge on any atom is -0.493 e. The number of benzene rings is 3. The third kappa shape index (κ3) is 6.03. The van der Waals surface area contributed by atoms with E-state index in [1.165, 1.54) is 5.56 Å². The Bertz CT molecular complexity index is 928. The molecule has 0 saturated carbocycles. The molecule has 0 bridgehead atoms. The van der Waals surface area contributed by atoms with Gasteiger partial charge in [0.2, 0.25) is 0 Å². The number of hydrogen-bond donors (Lipinski definition) is 1. The summed E-state index contributed by atoms with van der Waals surface area (Å²) in [5.41, 5.74) is 2.96. The Balaban J connectivity index is 1.62. The first kappa shape index (κ1) is 21.8. The van der Waals surface area contributed by atoms with Crippen molar-refractivity contribution < 1.29 is 9.47 Å². The topological polar surface area (TPSA) is 30.5 Å². The predicted molar refractivity (Wildman–Crippen MR) is 121 cm³/mol. The first-order valence-corrected chi connectivity index (χ1v) is 10.4. The van der Waals surface area contributed by atoms with Gasteiger partial charge >= 0.3 is 0 Å². The van der Waals surface area contributed by atoms with Gasteiger partial charge in [0.25, 0.3) is 0 Å². The van der Waals surface area contributed by atoms with Crippen molar-refractivity contribution in [3.05, 3.63) is 92.4 Å². The Hall–Kier alpha value is -1.91. The average Bonchev–Trinajstić information content (AvgIpc) is 2.72. The van der Waals surface area contributed by atoms with Gasteiger partial charge in [-0.25, -0.2) is 0 Å². The molecule has 3 aromatic rings. The molecule has 0 atom stereocenters. The van der Waals surface area contributed by atoms with Gasteiger partial charge in [0.05, 0.1) is 7.11 Å². The number of rotatable bonds is 9. The zero-order valence-electron chi connectivity index (χ0n) is 16.1. The second-order valence-corrected chi connectivity index (χ2v) is 7.72. The molecule has 3 rings (SSSR count). The molecule has 29 heavy (non-hydrogen) atoms. The summed E-state index contributed by atoms with van der Waals surface area (Å²) in [5.74, 6) is 1.15. The Morgan fingerprint density at radius 1 is 0.828 bits per heavy atom. The second-order valence-electron chi connectivity index (χ2n) is 6.50. The van der Waals surface area contributed by atoms with Crippen LogP contribution in [0.5, 0.6) is 11.5 Å². The van der Waals surface area contributed by atoms with Crippen LogP contribution >= 0.6 is 34.8 Å². The van der Waals surface area contributed by atoms with Gasteiger partial charge in [0, 0.05) is 33.2 Å². The van der Waals surface area contributed by atoms with Gasteiger partial charge in [0.15, 0.2) is 11.5 Å². The Labute approximate surface area is 186 Å². The van der Waals surface area contributed by atoms with E-state index < -0.39 is 0 Å². The highest BCUT2D eigenvalue weighted by molar-refractivity contribution is 6.36. The third-order valence-corrected chi connectivity index (χ3v) is 5.58. The van der Waals surface area contributed by atoms with Crippen molar-refractivity contribution in [2.45, 2.75) is 19.6 Å². The van der Waals surface area contributed by atoms with Crippen LogP contribution in [0.25, 0.3) is 0 Å². The average molecular weight is 451 g/mol.